The van der Waals surface area contributed by atoms with Crippen molar-refractivity contribution in [3.8, 4) is 0 Å². The van der Waals surface area contributed by atoms with E-state index in [2.05, 4.69) is 10.4 Å². The third kappa shape index (κ3) is 3.73. The molecule has 0 aromatic carbocycles. The Hall–Kier alpha value is -1.08. The van der Waals surface area contributed by atoms with Crippen LogP contribution in [0.2, 0.25) is 0 Å². The van der Waals surface area contributed by atoms with Crippen molar-refractivity contribution < 1.29 is 17.9 Å². The number of aromatic nitrogens is 2. The highest BCUT2D eigenvalue weighted by Gasteiger charge is 2.42. The van der Waals surface area contributed by atoms with Crippen molar-refractivity contribution in [2.24, 2.45) is 7.05 Å². The first-order valence-corrected chi connectivity index (χ1v) is 6.74. The quantitative estimate of drug-likeness (QED) is 0.926. The smallest absolute Gasteiger partial charge is 0.381 e. The van der Waals surface area contributed by atoms with Gasteiger partial charge in [-0.3, -0.25) is 10.00 Å². The topological polar surface area (TPSA) is 39.1 Å². The van der Waals surface area contributed by atoms with Gasteiger partial charge in [0.25, 0.3) is 0 Å². The Morgan fingerprint density at radius 1 is 1.35 bits per heavy atom. The van der Waals surface area contributed by atoms with E-state index in [1.54, 1.807) is 14.2 Å². The van der Waals surface area contributed by atoms with Gasteiger partial charge < -0.3 is 4.74 Å². The molecule has 2 rings (SSSR count). The second-order valence-corrected chi connectivity index (χ2v) is 5.30. The monoisotopic (exact) mass is 291 g/mol. The Bertz CT molecular complexity index is 425. The number of rotatable bonds is 4. The zero-order valence-electron chi connectivity index (χ0n) is 11.7. The molecule has 0 aliphatic heterocycles. The molecule has 4 nitrogen and oxygen atoms in total. The Balaban J connectivity index is 2.02. The molecule has 1 saturated carbocycles. The van der Waals surface area contributed by atoms with Gasteiger partial charge in [-0.05, 0) is 25.7 Å². The number of hydrogen-bond acceptors (Lipinski definition) is 3. The van der Waals surface area contributed by atoms with Crippen molar-refractivity contribution in [3.05, 3.63) is 18.0 Å². The van der Waals surface area contributed by atoms with E-state index in [1.807, 2.05) is 0 Å². The normalized spacial score (nSPS) is 25.6. The number of alkyl halides is 3. The number of nitrogens with zero attached hydrogens (tertiary/aromatic N) is 2. The summed E-state index contributed by atoms with van der Waals surface area (Å²) in [7, 11) is 3.26. The Morgan fingerprint density at radius 3 is 2.45 bits per heavy atom. The number of nitrogens with one attached hydrogen (secondary N) is 1. The number of halogens is 3. The molecule has 7 heteroatoms. The lowest BCUT2D eigenvalue weighted by atomic mass is 9.92. The SMILES string of the molecule is COC1CCC(NC(c2cnn(C)c2)C(F)(F)F)CC1. The van der Waals surface area contributed by atoms with E-state index >= 15 is 0 Å². The largest absolute Gasteiger partial charge is 0.408 e. The van der Waals surface area contributed by atoms with Crippen molar-refractivity contribution in [2.75, 3.05) is 7.11 Å². The van der Waals surface area contributed by atoms with Gasteiger partial charge in [0.05, 0.1) is 12.3 Å². The summed E-state index contributed by atoms with van der Waals surface area (Å²) < 4.78 is 46.2. The highest BCUT2D eigenvalue weighted by molar-refractivity contribution is 5.13. The van der Waals surface area contributed by atoms with Crippen LogP contribution in [0.15, 0.2) is 12.4 Å². The molecular weight excluding hydrogens is 271 g/mol. The number of ether oxygens (including phenoxy) is 1. The predicted octanol–water partition coefficient (Wildman–Crippen LogP) is 2.57. The summed E-state index contributed by atoms with van der Waals surface area (Å²) in [6.07, 6.45) is 1.53. The summed E-state index contributed by atoms with van der Waals surface area (Å²) >= 11 is 0. The van der Waals surface area contributed by atoms with Crippen molar-refractivity contribution in [1.82, 2.24) is 15.1 Å². The second kappa shape index (κ2) is 6.13. The molecule has 0 radical (unpaired) electrons. The maximum Gasteiger partial charge on any atom is 0.408 e. The summed E-state index contributed by atoms with van der Waals surface area (Å²) in [5.41, 5.74) is 0.161. The fraction of sp³-hybridized carbons (Fsp3) is 0.769. The van der Waals surface area contributed by atoms with Crippen LogP contribution in [0.25, 0.3) is 0 Å². The van der Waals surface area contributed by atoms with Crippen LogP contribution >= 0.6 is 0 Å². The third-order valence-electron chi connectivity index (χ3n) is 3.80. The van der Waals surface area contributed by atoms with Crippen LogP contribution in [0.3, 0.4) is 0 Å². The standard InChI is InChI=1S/C13H20F3N3O/c1-19-8-9(7-17-19)12(13(14,15)16)18-10-3-5-11(20-2)6-4-10/h7-8,10-12,18H,3-6H2,1-2H3. The molecule has 1 aliphatic carbocycles. The molecule has 1 unspecified atom stereocenters. The fourth-order valence-electron chi connectivity index (χ4n) is 2.67. The van der Waals surface area contributed by atoms with Gasteiger partial charge in [-0.2, -0.15) is 18.3 Å². The molecule has 1 N–H and O–H groups in total. The minimum Gasteiger partial charge on any atom is -0.381 e. The van der Waals surface area contributed by atoms with Gasteiger partial charge in [0, 0.05) is 32.0 Å². The third-order valence-corrected chi connectivity index (χ3v) is 3.80. The molecule has 1 heterocycles. The minimum atomic E-state index is -4.32. The average Bonchev–Trinajstić information content (AvgIpc) is 2.81. The van der Waals surface area contributed by atoms with Crippen molar-refractivity contribution in [2.45, 2.75) is 50.0 Å². The van der Waals surface area contributed by atoms with Crippen LogP contribution < -0.4 is 5.32 Å². The van der Waals surface area contributed by atoms with E-state index in [-0.39, 0.29) is 17.7 Å². The van der Waals surface area contributed by atoms with Gasteiger partial charge in [-0.15, -0.1) is 0 Å². The number of methoxy groups -OCH3 is 1. The molecule has 20 heavy (non-hydrogen) atoms. The van der Waals surface area contributed by atoms with E-state index in [0.29, 0.717) is 12.8 Å². The lowest BCUT2D eigenvalue weighted by Gasteiger charge is -2.32. The highest BCUT2D eigenvalue weighted by Crippen LogP contribution is 2.34. The van der Waals surface area contributed by atoms with Crippen molar-refractivity contribution in [1.29, 1.82) is 0 Å². The molecule has 1 aromatic heterocycles. The van der Waals surface area contributed by atoms with Gasteiger partial charge in [-0.25, -0.2) is 0 Å². The molecule has 1 atom stereocenters. The molecule has 0 bridgehead atoms. The summed E-state index contributed by atoms with van der Waals surface area (Å²) in [6.45, 7) is 0. The Morgan fingerprint density at radius 2 is 2.00 bits per heavy atom. The molecule has 1 fully saturated rings. The predicted molar refractivity (Wildman–Crippen MR) is 68.2 cm³/mol. The van der Waals surface area contributed by atoms with Gasteiger partial charge >= 0.3 is 6.18 Å². The number of aryl methyl sites for hydroxylation is 1. The van der Waals surface area contributed by atoms with E-state index in [9.17, 15) is 13.2 Å². The minimum absolute atomic E-state index is 0.131. The molecule has 0 saturated heterocycles. The second-order valence-electron chi connectivity index (χ2n) is 5.30. The maximum atomic E-state index is 13.2. The summed E-state index contributed by atoms with van der Waals surface area (Å²) in [5, 5.41) is 6.56. The van der Waals surface area contributed by atoms with E-state index < -0.39 is 12.2 Å². The zero-order chi connectivity index (χ0) is 14.8. The van der Waals surface area contributed by atoms with Crippen LogP contribution in [0.4, 0.5) is 13.2 Å². The first-order chi connectivity index (χ1) is 9.40. The van der Waals surface area contributed by atoms with Gasteiger partial charge in [-0.1, -0.05) is 0 Å². The first-order valence-electron chi connectivity index (χ1n) is 6.74. The maximum absolute atomic E-state index is 13.2. The van der Waals surface area contributed by atoms with Crippen molar-refractivity contribution >= 4 is 0 Å². The zero-order valence-corrected chi connectivity index (χ0v) is 11.7. The Labute approximate surface area is 116 Å². The van der Waals surface area contributed by atoms with Crippen LogP contribution in [0.5, 0.6) is 0 Å². The first kappa shape index (κ1) is 15.3. The summed E-state index contributed by atoms with van der Waals surface area (Å²) in [5.74, 6) is 0. The summed E-state index contributed by atoms with van der Waals surface area (Å²) in [6, 6.07) is -1.78. The molecule has 1 aromatic rings. The molecule has 0 amide bonds. The van der Waals surface area contributed by atoms with Gasteiger partial charge in [0.2, 0.25) is 0 Å². The van der Waals surface area contributed by atoms with E-state index in [0.717, 1.165) is 12.8 Å². The van der Waals surface area contributed by atoms with E-state index in [4.69, 9.17) is 4.74 Å². The van der Waals surface area contributed by atoms with Gasteiger partial charge in [0.15, 0.2) is 0 Å². The van der Waals surface area contributed by atoms with Crippen LogP contribution in [0.1, 0.15) is 37.3 Å². The lowest BCUT2D eigenvalue weighted by molar-refractivity contribution is -0.160. The van der Waals surface area contributed by atoms with Crippen LogP contribution in [-0.2, 0) is 11.8 Å². The molecule has 0 spiro atoms. The number of hydrogen-bond donors (Lipinski definition) is 1. The molecule has 1 aliphatic rings. The fourth-order valence-corrected chi connectivity index (χ4v) is 2.67. The molecule has 114 valence electrons. The molecular formula is C13H20F3N3O. The van der Waals surface area contributed by atoms with Crippen molar-refractivity contribution in [3.63, 3.8) is 0 Å². The van der Waals surface area contributed by atoms with Crippen LogP contribution in [-0.4, -0.2) is 35.2 Å². The summed E-state index contributed by atoms with van der Waals surface area (Å²) in [4.78, 5) is 0. The average molecular weight is 291 g/mol. The van der Waals surface area contributed by atoms with Gasteiger partial charge in [0.1, 0.15) is 6.04 Å². The highest BCUT2D eigenvalue weighted by atomic mass is 19.4. The lowest BCUT2D eigenvalue weighted by Crippen LogP contribution is -2.43. The Kier molecular flexibility index (Phi) is 4.70. The van der Waals surface area contributed by atoms with E-state index in [1.165, 1.54) is 17.1 Å². The van der Waals surface area contributed by atoms with Crippen LogP contribution in [0, 0.1) is 0 Å².